The number of alkyl halides is 3. The molecule has 1 amide bonds. The lowest BCUT2D eigenvalue weighted by molar-refractivity contribution is -0.141. The lowest BCUT2D eigenvalue weighted by atomic mass is 10.1. The number of aromatic nitrogens is 2. The van der Waals surface area contributed by atoms with Crippen LogP contribution >= 0.6 is 0 Å². The number of hydrogen-bond acceptors (Lipinski definition) is 4. The zero-order chi connectivity index (χ0) is 18.6. The maximum Gasteiger partial charge on any atom is 0.435 e. The number of nitrogens with zero attached hydrogens (tertiary/aromatic N) is 3. The van der Waals surface area contributed by atoms with E-state index < -0.39 is 11.9 Å². The number of carbonyl (C=O) groups excluding carboxylic acids is 1. The van der Waals surface area contributed by atoms with Crippen molar-refractivity contribution in [2.24, 2.45) is 5.92 Å². The van der Waals surface area contributed by atoms with Crippen LogP contribution in [-0.4, -0.2) is 40.6 Å². The van der Waals surface area contributed by atoms with Gasteiger partial charge in [0.2, 0.25) is 5.91 Å². The van der Waals surface area contributed by atoms with Crippen molar-refractivity contribution in [1.29, 1.82) is 0 Å². The highest BCUT2D eigenvalue weighted by Crippen LogP contribution is 2.27. The number of likely N-dealkylation sites (tertiary alicyclic amines) is 1. The molecule has 1 aliphatic heterocycles. The molecule has 0 saturated carbocycles. The molecule has 26 heavy (non-hydrogen) atoms. The first-order valence-electron chi connectivity index (χ1n) is 8.38. The molecule has 5 nitrogen and oxygen atoms in total. The van der Waals surface area contributed by atoms with E-state index in [1.807, 2.05) is 35.2 Å². The summed E-state index contributed by atoms with van der Waals surface area (Å²) < 4.78 is 37.4. The Kier molecular flexibility index (Phi) is 5.39. The molecule has 1 N–H and O–H groups in total. The molecule has 1 aliphatic rings. The third-order valence-corrected chi connectivity index (χ3v) is 4.33. The van der Waals surface area contributed by atoms with E-state index in [0.29, 0.717) is 26.1 Å². The Morgan fingerprint density at radius 1 is 1.12 bits per heavy atom. The molecule has 0 radical (unpaired) electrons. The molecule has 8 heteroatoms. The van der Waals surface area contributed by atoms with Crippen molar-refractivity contribution in [3.63, 3.8) is 0 Å². The van der Waals surface area contributed by atoms with Crippen LogP contribution in [0.5, 0.6) is 0 Å². The molecule has 1 aromatic heterocycles. The van der Waals surface area contributed by atoms with Crippen LogP contribution in [0.3, 0.4) is 0 Å². The van der Waals surface area contributed by atoms with Gasteiger partial charge in [-0.2, -0.15) is 13.2 Å². The number of hydrogen-bond donors (Lipinski definition) is 1. The number of nitrogens with one attached hydrogen (secondary N) is 1. The fourth-order valence-electron chi connectivity index (χ4n) is 2.94. The lowest BCUT2D eigenvalue weighted by Gasteiger charge is -2.17. The molecule has 1 unspecified atom stereocenters. The number of amides is 1. The second-order valence-electron chi connectivity index (χ2n) is 6.33. The molecule has 1 atom stereocenters. The first kappa shape index (κ1) is 18.2. The van der Waals surface area contributed by atoms with Gasteiger partial charge in [0.1, 0.15) is 5.82 Å². The highest BCUT2D eigenvalue weighted by atomic mass is 19.4. The summed E-state index contributed by atoms with van der Waals surface area (Å²) in [5.41, 5.74) is 0.160. The first-order chi connectivity index (χ1) is 12.4. The van der Waals surface area contributed by atoms with Gasteiger partial charge >= 0.3 is 6.18 Å². The van der Waals surface area contributed by atoms with Crippen molar-refractivity contribution in [3.05, 3.63) is 53.7 Å². The summed E-state index contributed by atoms with van der Waals surface area (Å²) in [7, 11) is 0. The number of rotatable bonds is 6. The predicted octanol–water partition coefficient (Wildman–Crippen LogP) is 3.00. The van der Waals surface area contributed by atoms with Gasteiger partial charge in [-0.1, -0.05) is 30.3 Å². The molecular weight excluding hydrogens is 345 g/mol. The quantitative estimate of drug-likeness (QED) is 0.856. The summed E-state index contributed by atoms with van der Waals surface area (Å²) >= 11 is 0. The van der Waals surface area contributed by atoms with Gasteiger partial charge in [-0.05, 0) is 24.1 Å². The molecule has 3 rings (SSSR count). The summed E-state index contributed by atoms with van der Waals surface area (Å²) in [4.78, 5) is 13.9. The van der Waals surface area contributed by atoms with E-state index in [1.165, 1.54) is 11.6 Å². The van der Waals surface area contributed by atoms with Crippen LogP contribution in [0.15, 0.2) is 42.5 Å². The maximum absolute atomic E-state index is 12.5. The van der Waals surface area contributed by atoms with E-state index in [1.54, 1.807) is 0 Å². The molecule has 138 valence electrons. The first-order valence-corrected chi connectivity index (χ1v) is 8.38. The van der Waals surface area contributed by atoms with Crippen LogP contribution in [0.25, 0.3) is 0 Å². The number of carbonyl (C=O) groups is 1. The molecule has 1 fully saturated rings. The fourth-order valence-corrected chi connectivity index (χ4v) is 2.94. The second-order valence-corrected chi connectivity index (χ2v) is 6.33. The monoisotopic (exact) mass is 364 g/mol. The average molecular weight is 364 g/mol. The van der Waals surface area contributed by atoms with E-state index in [9.17, 15) is 18.0 Å². The second kappa shape index (κ2) is 7.72. The molecule has 0 bridgehead atoms. The van der Waals surface area contributed by atoms with Gasteiger partial charge in [0.25, 0.3) is 0 Å². The van der Waals surface area contributed by atoms with Crippen LogP contribution in [-0.2, 0) is 17.4 Å². The molecule has 1 saturated heterocycles. The number of benzene rings is 1. The molecule has 1 aromatic carbocycles. The van der Waals surface area contributed by atoms with E-state index in [0.717, 1.165) is 12.5 Å². The van der Waals surface area contributed by atoms with Gasteiger partial charge in [-0.15, -0.1) is 10.2 Å². The highest BCUT2D eigenvalue weighted by Gasteiger charge is 2.33. The molecule has 0 aliphatic carbocycles. The van der Waals surface area contributed by atoms with Crippen molar-refractivity contribution in [2.75, 3.05) is 25.0 Å². The number of halogens is 3. The average Bonchev–Trinajstić information content (AvgIpc) is 2.98. The zero-order valence-corrected chi connectivity index (χ0v) is 14.0. The van der Waals surface area contributed by atoms with Crippen LogP contribution in [0.1, 0.15) is 17.7 Å². The van der Waals surface area contributed by atoms with Gasteiger partial charge in [0, 0.05) is 32.0 Å². The Labute approximate surface area is 149 Å². The van der Waals surface area contributed by atoms with E-state index >= 15 is 0 Å². The van der Waals surface area contributed by atoms with E-state index in [-0.39, 0.29) is 17.6 Å². The summed E-state index contributed by atoms with van der Waals surface area (Å²) in [5.74, 6) is 0.474. The molecular formula is C18H19F3N4O. The van der Waals surface area contributed by atoms with Crippen LogP contribution in [0.4, 0.5) is 19.0 Å². The van der Waals surface area contributed by atoms with Crippen LogP contribution < -0.4 is 5.32 Å². The van der Waals surface area contributed by atoms with Crippen LogP contribution in [0, 0.1) is 5.92 Å². The largest absolute Gasteiger partial charge is 0.435 e. The fraction of sp³-hybridized carbons (Fsp3) is 0.389. The normalized spacial score (nSPS) is 17.6. The minimum Gasteiger partial charge on any atom is -0.368 e. The zero-order valence-electron chi connectivity index (χ0n) is 14.0. The smallest absolute Gasteiger partial charge is 0.368 e. The van der Waals surface area contributed by atoms with Crippen molar-refractivity contribution in [1.82, 2.24) is 15.1 Å². The van der Waals surface area contributed by atoms with Gasteiger partial charge in [-0.3, -0.25) is 4.79 Å². The van der Waals surface area contributed by atoms with Crippen molar-refractivity contribution >= 4 is 11.7 Å². The third kappa shape index (κ3) is 4.71. The minimum absolute atomic E-state index is 0.0994. The Balaban J connectivity index is 1.47. The van der Waals surface area contributed by atoms with Crippen molar-refractivity contribution < 1.29 is 18.0 Å². The molecule has 0 spiro atoms. The van der Waals surface area contributed by atoms with Gasteiger partial charge in [0.05, 0.1) is 0 Å². The highest BCUT2D eigenvalue weighted by molar-refractivity contribution is 5.78. The van der Waals surface area contributed by atoms with Crippen molar-refractivity contribution in [2.45, 2.75) is 19.0 Å². The Hall–Kier alpha value is -2.64. The van der Waals surface area contributed by atoms with Gasteiger partial charge < -0.3 is 10.2 Å². The molecule has 2 heterocycles. The summed E-state index contributed by atoms with van der Waals surface area (Å²) in [6, 6.07) is 12.1. The van der Waals surface area contributed by atoms with Gasteiger partial charge in [0.15, 0.2) is 5.69 Å². The van der Waals surface area contributed by atoms with E-state index in [2.05, 4.69) is 15.5 Å². The Bertz CT molecular complexity index is 734. The van der Waals surface area contributed by atoms with E-state index in [4.69, 9.17) is 0 Å². The van der Waals surface area contributed by atoms with Crippen molar-refractivity contribution in [3.8, 4) is 0 Å². The number of anilines is 1. The maximum atomic E-state index is 12.5. The molecule has 2 aromatic rings. The minimum atomic E-state index is -4.50. The predicted molar refractivity (Wildman–Crippen MR) is 90.4 cm³/mol. The summed E-state index contributed by atoms with van der Waals surface area (Å²) in [5, 5.41) is 9.67. The standard InChI is InChI=1S/C18H19F3N4O/c19-18(20,21)15-6-7-16(24-23-15)22-11-14-10-17(26)25(12-14)9-8-13-4-2-1-3-5-13/h1-7,14H,8-12H2,(H,22,24). The lowest BCUT2D eigenvalue weighted by Crippen LogP contribution is -2.28. The summed E-state index contributed by atoms with van der Waals surface area (Å²) in [6.07, 6.45) is -3.27. The summed E-state index contributed by atoms with van der Waals surface area (Å²) in [6.45, 7) is 1.76. The van der Waals surface area contributed by atoms with Gasteiger partial charge in [-0.25, -0.2) is 0 Å². The topological polar surface area (TPSA) is 58.1 Å². The SMILES string of the molecule is O=C1CC(CNc2ccc(C(F)(F)F)nn2)CN1CCc1ccccc1. The van der Waals surface area contributed by atoms with Crippen LogP contribution in [0.2, 0.25) is 0 Å². The third-order valence-electron chi connectivity index (χ3n) is 4.33. The Morgan fingerprint density at radius 3 is 2.54 bits per heavy atom. The Morgan fingerprint density at radius 2 is 1.88 bits per heavy atom.